The zero-order chi connectivity index (χ0) is 15.0. The number of H-pyrrole nitrogens is 1. The number of rotatable bonds is 3. The standard InChI is InChI=1S/C18H16ClNO/c1-3-12-5-7-13(8-6-12)18-14(10-21)16-15(19)9-4-11(2)17(16)20-18/h4-10,20H,3H2,1-2H3. The molecule has 3 heteroatoms. The van der Waals surface area contributed by atoms with Crippen LogP contribution in [-0.2, 0) is 6.42 Å². The number of carbonyl (C=O) groups excluding carboxylic acids is 1. The monoisotopic (exact) mass is 297 g/mol. The molecule has 0 aliphatic carbocycles. The molecular formula is C18H16ClNO. The molecule has 3 aromatic rings. The molecule has 0 unspecified atom stereocenters. The van der Waals surface area contributed by atoms with E-state index in [4.69, 9.17) is 11.6 Å². The first-order valence-electron chi connectivity index (χ1n) is 7.01. The maximum atomic E-state index is 11.6. The molecule has 0 radical (unpaired) electrons. The third-order valence-corrected chi connectivity index (χ3v) is 4.24. The number of aromatic amines is 1. The van der Waals surface area contributed by atoms with Gasteiger partial charge in [0.25, 0.3) is 0 Å². The number of fused-ring (bicyclic) bond motifs is 1. The van der Waals surface area contributed by atoms with Gasteiger partial charge in [0.05, 0.1) is 16.2 Å². The van der Waals surface area contributed by atoms with Crippen LogP contribution in [-0.4, -0.2) is 11.3 Å². The predicted octanol–water partition coefficient (Wildman–Crippen LogP) is 5.17. The molecule has 0 atom stereocenters. The second kappa shape index (κ2) is 5.38. The van der Waals surface area contributed by atoms with Crippen molar-refractivity contribution < 1.29 is 4.79 Å². The van der Waals surface area contributed by atoms with Gasteiger partial charge in [-0.05, 0) is 36.1 Å². The van der Waals surface area contributed by atoms with Crippen molar-refractivity contribution in [3.8, 4) is 11.3 Å². The minimum atomic E-state index is 0.602. The van der Waals surface area contributed by atoms with Crippen LogP contribution in [0, 0.1) is 6.92 Å². The smallest absolute Gasteiger partial charge is 0.152 e. The third kappa shape index (κ3) is 2.26. The maximum absolute atomic E-state index is 11.6. The molecule has 2 nitrogen and oxygen atoms in total. The summed E-state index contributed by atoms with van der Waals surface area (Å²) in [5, 5.41) is 1.41. The second-order valence-corrected chi connectivity index (χ2v) is 5.60. The number of aldehydes is 1. The normalized spacial score (nSPS) is 11.0. The zero-order valence-corrected chi connectivity index (χ0v) is 12.8. The van der Waals surface area contributed by atoms with Gasteiger partial charge < -0.3 is 4.98 Å². The van der Waals surface area contributed by atoms with Crippen LogP contribution >= 0.6 is 11.6 Å². The Morgan fingerprint density at radius 2 is 1.86 bits per heavy atom. The van der Waals surface area contributed by atoms with E-state index in [1.807, 2.05) is 31.2 Å². The third-order valence-electron chi connectivity index (χ3n) is 3.92. The lowest BCUT2D eigenvalue weighted by Gasteiger charge is -2.02. The number of nitrogens with one attached hydrogen (secondary N) is 1. The molecule has 1 N–H and O–H groups in total. The summed E-state index contributed by atoms with van der Waals surface area (Å²) in [6.07, 6.45) is 1.88. The Hall–Kier alpha value is -2.06. The summed E-state index contributed by atoms with van der Waals surface area (Å²) in [4.78, 5) is 14.9. The molecule has 0 aliphatic rings. The first kappa shape index (κ1) is 13.9. The van der Waals surface area contributed by atoms with Crippen LogP contribution < -0.4 is 0 Å². The van der Waals surface area contributed by atoms with E-state index in [2.05, 4.69) is 24.0 Å². The van der Waals surface area contributed by atoms with Gasteiger partial charge in [0, 0.05) is 10.9 Å². The lowest BCUT2D eigenvalue weighted by atomic mass is 10.0. The molecule has 0 saturated carbocycles. The summed E-state index contributed by atoms with van der Waals surface area (Å²) in [5.41, 5.74) is 5.74. The van der Waals surface area contributed by atoms with Gasteiger partial charge in [0.15, 0.2) is 6.29 Å². The van der Waals surface area contributed by atoms with Crippen molar-refractivity contribution in [2.24, 2.45) is 0 Å². The molecule has 2 aromatic carbocycles. The molecule has 0 aliphatic heterocycles. The first-order chi connectivity index (χ1) is 10.2. The fraction of sp³-hybridized carbons (Fsp3) is 0.167. The average molecular weight is 298 g/mol. The van der Waals surface area contributed by atoms with E-state index in [0.717, 1.165) is 40.4 Å². The highest BCUT2D eigenvalue weighted by Gasteiger charge is 2.16. The Balaban J connectivity index is 2.29. The molecule has 0 saturated heterocycles. The van der Waals surface area contributed by atoms with Gasteiger partial charge in [-0.2, -0.15) is 0 Å². The van der Waals surface area contributed by atoms with Crippen LogP contribution in [0.15, 0.2) is 36.4 Å². The van der Waals surface area contributed by atoms with E-state index in [9.17, 15) is 4.79 Å². The van der Waals surface area contributed by atoms with Crippen molar-refractivity contribution in [1.29, 1.82) is 0 Å². The fourth-order valence-electron chi connectivity index (χ4n) is 2.68. The number of aromatic nitrogens is 1. The lowest BCUT2D eigenvalue weighted by molar-refractivity contribution is 0.112. The van der Waals surface area contributed by atoms with E-state index in [1.165, 1.54) is 5.56 Å². The van der Waals surface area contributed by atoms with E-state index >= 15 is 0 Å². The lowest BCUT2D eigenvalue weighted by Crippen LogP contribution is -1.86. The van der Waals surface area contributed by atoms with Gasteiger partial charge >= 0.3 is 0 Å². The summed E-state index contributed by atoms with van der Waals surface area (Å²) < 4.78 is 0. The topological polar surface area (TPSA) is 32.9 Å². The van der Waals surface area contributed by atoms with Gasteiger partial charge in [-0.1, -0.05) is 48.9 Å². The van der Waals surface area contributed by atoms with Crippen LogP contribution in [0.2, 0.25) is 5.02 Å². The first-order valence-corrected chi connectivity index (χ1v) is 7.38. The molecule has 3 rings (SSSR count). The summed E-state index contributed by atoms with van der Waals surface area (Å²) >= 11 is 6.28. The van der Waals surface area contributed by atoms with Gasteiger partial charge in [-0.3, -0.25) is 4.79 Å². The second-order valence-electron chi connectivity index (χ2n) is 5.20. The molecule has 1 aromatic heterocycles. The van der Waals surface area contributed by atoms with Crippen LogP contribution in [0.4, 0.5) is 0 Å². The number of carbonyl (C=O) groups is 1. The Kier molecular flexibility index (Phi) is 3.56. The van der Waals surface area contributed by atoms with Crippen LogP contribution in [0.25, 0.3) is 22.2 Å². The number of hydrogen-bond donors (Lipinski definition) is 1. The number of hydrogen-bond acceptors (Lipinski definition) is 1. The van der Waals surface area contributed by atoms with E-state index in [1.54, 1.807) is 0 Å². The molecular weight excluding hydrogens is 282 g/mol. The predicted molar refractivity (Wildman–Crippen MR) is 88.2 cm³/mol. The Bertz CT molecular complexity index is 815. The van der Waals surface area contributed by atoms with E-state index in [0.29, 0.717) is 10.6 Å². The Morgan fingerprint density at radius 1 is 1.14 bits per heavy atom. The van der Waals surface area contributed by atoms with Crippen molar-refractivity contribution >= 4 is 28.8 Å². The highest BCUT2D eigenvalue weighted by Crippen LogP contribution is 2.35. The highest BCUT2D eigenvalue weighted by molar-refractivity contribution is 6.37. The molecule has 0 spiro atoms. The minimum Gasteiger partial charge on any atom is -0.354 e. The van der Waals surface area contributed by atoms with E-state index < -0.39 is 0 Å². The number of benzene rings is 2. The minimum absolute atomic E-state index is 0.602. The van der Waals surface area contributed by atoms with Gasteiger partial charge in [-0.15, -0.1) is 0 Å². The molecule has 0 bridgehead atoms. The van der Waals surface area contributed by atoms with Crippen molar-refractivity contribution in [2.75, 3.05) is 0 Å². The van der Waals surface area contributed by atoms with Crippen LogP contribution in [0.5, 0.6) is 0 Å². The highest BCUT2D eigenvalue weighted by atomic mass is 35.5. The van der Waals surface area contributed by atoms with Gasteiger partial charge in [0.1, 0.15) is 0 Å². The van der Waals surface area contributed by atoms with Crippen LogP contribution in [0.3, 0.4) is 0 Å². The summed E-state index contributed by atoms with van der Waals surface area (Å²) in [6.45, 7) is 4.13. The largest absolute Gasteiger partial charge is 0.354 e. The van der Waals surface area contributed by atoms with E-state index in [-0.39, 0.29) is 0 Å². The Labute approximate surface area is 128 Å². The fourth-order valence-corrected chi connectivity index (χ4v) is 2.94. The molecule has 0 amide bonds. The molecule has 21 heavy (non-hydrogen) atoms. The summed E-state index contributed by atoms with van der Waals surface area (Å²) in [5.74, 6) is 0. The number of aryl methyl sites for hydroxylation is 2. The van der Waals surface area contributed by atoms with Crippen molar-refractivity contribution in [1.82, 2.24) is 4.98 Å². The van der Waals surface area contributed by atoms with Crippen molar-refractivity contribution in [2.45, 2.75) is 20.3 Å². The van der Waals surface area contributed by atoms with Gasteiger partial charge in [-0.25, -0.2) is 0 Å². The molecule has 1 heterocycles. The molecule has 0 fully saturated rings. The number of halogens is 1. The van der Waals surface area contributed by atoms with Gasteiger partial charge in [0.2, 0.25) is 0 Å². The zero-order valence-electron chi connectivity index (χ0n) is 12.0. The van der Waals surface area contributed by atoms with Crippen molar-refractivity contribution in [3.63, 3.8) is 0 Å². The van der Waals surface area contributed by atoms with Crippen LogP contribution in [0.1, 0.15) is 28.4 Å². The summed E-state index contributed by atoms with van der Waals surface area (Å²) in [6, 6.07) is 12.1. The Morgan fingerprint density at radius 3 is 2.48 bits per heavy atom. The SMILES string of the molecule is CCc1ccc(-c2[nH]c3c(C)ccc(Cl)c3c2C=O)cc1. The maximum Gasteiger partial charge on any atom is 0.152 e. The molecule has 106 valence electrons. The van der Waals surface area contributed by atoms with Crippen molar-refractivity contribution in [3.05, 3.63) is 58.1 Å². The average Bonchev–Trinajstić information content (AvgIpc) is 2.92. The summed E-state index contributed by atoms with van der Waals surface area (Å²) in [7, 11) is 0. The quantitative estimate of drug-likeness (QED) is 0.665.